The van der Waals surface area contributed by atoms with Crippen molar-refractivity contribution in [3.63, 3.8) is 0 Å². The van der Waals surface area contributed by atoms with Crippen molar-refractivity contribution in [3.05, 3.63) is 12.7 Å². The molecule has 64 valence electrons. The van der Waals surface area contributed by atoms with Crippen LogP contribution in [0.3, 0.4) is 0 Å². The van der Waals surface area contributed by atoms with E-state index in [4.69, 9.17) is 16.3 Å². The van der Waals surface area contributed by atoms with E-state index in [-0.39, 0.29) is 0 Å². The van der Waals surface area contributed by atoms with E-state index in [1.165, 1.54) is 6.08 Å². The summed E-state index contributed by atoms with van der Waals surface area (Å²) in [4.78, 5) is 10.8. The third-order valence-corrected chi connectivity index (χ3v) is 1.53. The van der Waals surface area contributed by atoms with Gasteiger partial charge >= 0.3 is 5.97 Å². The molecule has 0 aromatic heterocycles. The van der Waals surface area contributed by atoms with E-state index in [0.717, 1.165) is 12.8 Å². The second kappa shape index (κ2) is 6.23. The van der Waals surface area contributed by atoms with Gasteiger partial charge in [0.2, 0.25) is 0 Å². The number of carbonyl (C=O) groups is 1. The van der Waals surface area contributed by atoms with Crippen LogP contribution in [0.5, 0.6) is 0 Å². The molecule has 0 heterocycles. The van der Waals surface area contributed by atoms with Crippen molar-refractivity contribution >= 4 is 17.6 Å². The topological polar surface area (TPSA) is 26.3 Å². The molecule has 3 heteroatoms. The first-order valence-electron chi connectivity index (χ1n) is 3.65. The molecule has 11 heavy (non-hydrogen) atoms. The highest BCUT2D eigenvalue weighted by molar-refractivity contribution is 6.31. The maximum atomic E-state index is 10.8. The summed E-state index contributed by atoms with van der Waals surface area (Å²) in [6, 6.07) is 0. The van der Waals surface area contributed by atoms with E-state index in [9.17, 15) is 4.79 Å². The molecule has 0 fully saturated rings. The molecule has 0 rings (SSSR count). The van der Waals surface area contributed by atoms with Crippen molar-refractivity contribution in [2.24, 2.45) is 0 Å². The lowest BCUT2D eigenvalue weighted by Crippen LogP contribution is -2.15. The molecule has 0 saturated heterocycles. The third-order valence-electron chi connectivity index (χ3n) is 1.17. The van der Waals surface area contributed by atoms with Gasteiger partial charge in [-0.25, -0.2) is 0 Å². The zero-order valence-electron chi connectivity index (χ0n) is 6.68. The van der Waals surface area contributed by atoms with Gasteiger partial charge in [-0.15, -0.1) is 18.2 Å². The van der Waals surface area contributed by atoms with Crippen molar-refractivity contribution in [1.29, 1.82) is 0 Å². The van der Waals surface area contributed by atoms with Gasteiger partial charge in [0.1, 0.15) is 5.38 Å². The molecular formula is C8H13ClO2. The van der Waals surface area contributed by atoms with Gasteiger partial charge in [0.15, 0.2) is 0 Å². The number of halogens is 1. The van der Waals surface area contributed by atoms with E-state index >= 15 is 0 Å². The van der Waals surface area contributed by atoms with Crippen LogP contribution in [0, 0.1) is 0 Å². The van der Waals surface area contributed by atoms with E-state index in [1.54, 1.807) is 0 Å². The number of alkyl halides is 1. The molecule has 0 amide bonds. The third kappa shape index (κ3) is 4.85. The number of carbonyl (C=O) groups excluding carboxylic acids is 1. The first kappa shape index (κ1) is 10.5. The minimum Gasteiger partial charge on any atom is -0.464 e. The van der Waals surface area contributed by atoms with Crippen molar-refractivity contribution in [2.45, 2.75) is 25.1 Å². The van der Waals surface area contributed by atoms with E-state index in [0.29, 0.717) is 6.61 Å². The Balaban J connectivity index is 3.44. The predicted octanol–water partition coefficient (Wildman–Crippen LogP) is 2.12. The molecule has 0 bridgehead atoms. The van der Waals surface area contributed by atoms with Crippen LogP contribution in [0.15, 0.2) is 12.7 Å². The highest BCUT2D eigenvalue weighted by atomic mass is 35.5. The van der Waals surface area contributed by atoms with E-state index < -0.39 is 11.3 Å². The zero-order chi connectivity index (χ0) is 8.69. The molecule has 0 spiro atoms. The maximum absolute atomic E-state index is 10.8. The number of esters is 1. The zero-order valence-corrected chi connectivity index (χ0v) is 7.43. The van der Waals surface area contributed by atoms with E-state index in [2.05, 4.69) is 6.58 Å². The van der Waals surface area contributed by atoms with Crippen molar-refractivity contribution < 1.29 is 9.53 Å². The maximum Gasteiger partial charge on any atom is 0.327 e. The van der Waals surface area contributed by atoms with Gasteiger partial charge in [0.05, 0.1) is 6.61 Å². The van der Waals surface area contributed by atoms with Crippen LogP contribution in [0.2, 0.25) is 0 Å². The van der Waals surface area contributed by atoms with Gasteiger partial charge in [0.25, 0.3) is 0 Å². The molecule has 0 saturated carbocycles. The monoisotopic (exact) mass is 176 g/mol. The minimum atomic E-state index is -0.702. The summed E-state index contributed by atoms with van der Waals surface area (Å²) < 4.78 is 4.79. The van der Waals surface area contributed by atoms with Crippen molar-refractivity contribution in [3.8, 4) is 0 Å². The van der Waals surface area contributed by atoms with Gasteiger partial charge in [-0.2, -0.15) is 0 Å². The largest absolute Gasteiger partial charge is 0.464 e. The second-order valence-electron chi connectivity index (χ2n) is 2.16. The Kier molecular flexibility index (Phi) is 5.94. The number of ether oxygens (including phenoxy) is 1. The minimum absolute atomic E-state index is 0.407. The Morgan fingerprint density at radius 3 is 2.91 bits per heavy atom. The summed E-state index contributed by atoms with van der Waals surface area (Å²) in [5, 5.41) is -0.702. The van der Waals surface area contributed by atoms with Crippen molar-refractivity contribution in [1.82, 2.24) is 0 Å². The Hall–Kier alpha value is -0.500. The summed E-state index contributed by atoms with van der Waals surface area (Å²) in [6.07, 6.45) is 3.25. The lowest BCUT2D eigenvalue weighted by molar-refractivity contribution is -0.142. The number of hydrogen-bond acceptors (Lipinski definition) is 2. The number of unbranched alkanes of at least 4 members (excludes halogenated alkanes) is 1. The summed E-state index contributed by atoms with van der Waals surface area (Å²) in [7, 11) is 0. The van der Waals surface area contributed by atoms with Gasteiger partial charge < -0.3 is 4.74 Å². The van der Waals surface area contributed by atoms with Gasteiger partial charge in [-0.05, 0) is 6.42 Å². The molecular weight excluding hydrogens is 164 g/mol. The van der Waals surface area contributed by atoms with Crippen LogP contribution in [0.25, 0.3) is 0 Å². The lowest BCUT2D eigenvalue weighted by atomic mass is 10.3. The normalized spacial score (nSPS) is 12.2. The molecule has 0 radical (unpaired) electrons. The molecule has 0 aliphatic carbocycles. The molecule has 0 aliphatic rings. The molecule has 0 aromatic carbocycles. The fraction of sp³-hybridized carbons (Fsp3) is 0.625. The molecule has 2 nitrogen and oxygen atoms in total. The van der Waals surface area contributed by atoms with Gasteiger partial charge in [-0.3, -0.25) is 4.79 Å². The first-order chi connectivity index (χ1) is 5.22. The van der Waals surface area contributed by atoms with Crippen LogP contribution in [-0.2, 0) is 9.53 Å². The average molecular weight is 177 g/mol. The van der Waals surface area contributed by atoms with Crippen LogP contribution in [0.1, 0.15) is 19.8 Å². The molecule has 0 N–H and O–H groups in total. The number of hydrogen-bond donors (Lipinski definition) is 0. The SMILES string of the molecule is C=CC(Cl)C(=O)OCCCC. The Labute approximate surface area is 72.2 Å². The van der Waals surface area contributed by atoms with E-state index in [1.807, 2.05) is 6.92 Å². The van der Waals surface area contributed by atoms with Crippen LogP contribution in [0.4, 0.5) is 0 Å². The Morgan fingerprint density at radius 1 is 1.82 bits per heavy atom. The predicted molar refractivity (Wildman–Crippen MR) is 45.7 cm³/mol. The second-order valence-corrected chi connectivity index (χ2v) is 2.63. The molecule has 1 unspecified atom stereocenters. The lowest BCUT2D eigenvalue weighted by Gasteiger charge is -2.04. The van der Waals surface area contributed by atoms with Gasteiger partial charge in [0, 0.05) is 0 Å². The summed E-state index contributed by atoms with van der Waals surface area (Å²) in [5.41, 5.74) is 0. The smallest absolute Gasteiger partial charge is 0.327 e. The quantitative estimate of drug-likeness (QED) is 0.278. The first-order valence-corrected chi connectivity index (χ1v) is 4.09. The van der Waals surface area contributed by atoms with Crippen LogP contribution >= 0.6 is 11.6 Å². The van der Waals surface area contributed by atoms with Gasteiger partial charge in [-0.1, -0.05) is 19.4 Å². The average Bonchev–Trinajstić information content (AvgIpc) is 2.03. The Bertz CT molecular complexity index is 134. The van der Waals surface area contributed by atoms with Crippen LogP contribution in [-0.4, -0.2) is 18.0 Å². The summed E-state index contributed by atoms with van der Waals surface area (Å²) >= 11 is 5.50. The fourth-order valence-corrected chi connectivity index (χ4v) is 0.556. The van der Waals surface area contributed by atoms with Crippen LogP contribution < -0.4 is 0 Å². The molecule has 0 aliphatic heterocycles. The Morgan fingerprint density at radius 2 is 2.45 bits per heavy atom. The number of rotatable bonds is 5. The highest BCUT2D eigenvalue weighted by Gasteiger charge is 2.11. The molecule has 1 atom stereocenters. The fourth-order valence-electron chi connectivity index (χ4n) is 0.493. The summed E-state index contributed by atoms with van der Waals surface area (Å²) in [6.45, 7) is 5.86. The standard InChI is InChI=1S/C8H13ClO2/c1-3-5-6-11-8(10)7(9)4-2/h4,7H,2-3,5-6H2,1H3. The highest BCUT2D eigenvalue weighted by Crippen LogP contribution is 2.00. The summed E-state index contributed by atoms with van der Waals surface area (Å²) in [5.74, 6) is -0.407. The van der Waals surface area contributed by atoms with Crippen molar-refractivity contribution in [2.75, 3.05) is 6.61 Å². The molecule has 0 aromatic rings.